The Morgan fingerprint density at radius 1 is 0.862 bits per heavy atom. The quantitative estimate of drug-likeness (QED) is 0.0494. The molecule has 0 heterocycles. The van der Waals surface area contributed by atoms with Crippen LogP contribution in [0, 0.1) is 76.2 Å². The minimum absolute atomic E-state index is 0.0213. The maximum Gasteiger partial charge on any atom is 0.299 e. The van der Waals surface area contributed by atoms with E-state index in [0.29, 0.717) is 79.6 Å². The number of unbranched alkanes of at least 4 members (excludes halogenated alkanes) is 2. The van der Waals surface area contributed by atoms with Gasteiger partial charge in [0.2, 0.25) is 15.9 Å². The van der Waals surface area contributed by atoms with Crippen molar-refractivity contribution in [3.05, 3.63) is 84.5 Å². The van der Waals surface area contributed by atoms with Crippen molar-refractivity contribution >= 4 is 38.7 Å². The van der Waals surface area contributed by atoms with Gasteiger partial charge in [-0.25, -0.2) is 8.42 Å². The number of rotatable bonds is 22. The predicted molar refractivity (Wildman–Crippen MR) is 253 cm³/mol. The second kappa shape index (κ2) is 20.6. The lowest BCUT2D eigenvalue weighted by atomic mass is 9.46. The van der Waals surface area contributed by atoms with Crippen LogP contribution in [0.15, 0.2) is 59.0 Å². The molecule has 6 rings (SSSR count). The molecule has 4 aliphatic carbocycles. The van der Waals surface area contributed by atoms with Crippen LogP contribution < -0.4 is 10.6 Å². The van der Waals surface area contributed by atoms with Gasteiger partial charge in [0.05, 0.1) is 20.8 Å². The molecule has 1 amide bonds. The van der Waals surface area contributed by atoms with Crippen LogP contribution >= 0.6 is 0 Å². The van der Waals surface area contributed by atoms with Crippen LogP contribution in [-0.4, -0.2) is 59.1 Å². The molecule has 358 valence electrons. The third-order valence-electron chi connectivity index (χ3n) is 16.3. The van der Waals surface area contributed by atoms with Gasteiger partial charge in [0.1, 0.15) is 5.69 Å². The number of nitro benzene ring substituents is 3. The standard InChI is InChI=1S/C49H72N6O9S/c1-34(2)14-12-26-47(3,4)45-23-21-39-38-20-18-35-32-36(24-27-48(35,5)40(38)25-28-49(39,45)6)52(65(63,64)44-16-10-9-15-42(44)54(59)60)31-13-30-51-46(56)17-8-7-11-29-50-41-22-19-37(53(57)58)33-43(41)55(61)62/h9-10,15-16,18-19,22,33-34,36,38-40,45,50H,7-8,11-14,17,20-21,23-32H2,1-6H3,(H,51,56)/t36-,38?,39?,40?,45+,48-,49-/m0/s1. The van der Waals surface area contributed by atoms with Gasteiger partial charge in [-0.3, -0.25) is 35.1 Å². The number of amides is 1. The average Bonchev–Trinajstić information content (AvgIpc) is 3.62. The van der Waals surface area contributed by atoms with E-state index in [9.17, 15) is 43.6 Å². The molecule has 7 atom stereocenters. The molecule has 3 unspecified atom stereocenters. The van der Waals surface area contributed by atoms with E-state index in [1.54, 1.807) is 0 Å². The summed E-state index contributed by atoms with van der Waals surface area (Å²) < 4.78 is 30.7. The molecule has 4 aliphatic rings. The Labute approximate surface area is 385 Å². The van der Waals surface area contributed by atoms with E-state index in [2.05, 4.69) is 58.3 Å². The lowest BCUT2D eigenvalue weighted by Crippen LogP contribution is -2.53. The Bertz CT molecular complexity index is 2210. The number of sulfonamides is 1. The van der Waals surface area contributed by atoms with Crippen LogP contribution in [-0.2, 0) is 14.8 Å². The molecule has 0 aliphatic heterocycles. The molecule has 2 N–H and O–H groups in total. The van der Waals surface area contributed by atoms with Crippen LogP contribution in [0.25, 0.3) is 0 Å². The summed E-state index contributed by atoms with van der Waals surface area (Å²) in [7, 11) is -4.29. The molecule has 2 aromatic carbocycles. The van der Waals surface area contributed by atoms with E-state index in [1.807, 2.05) is 0 Å². The van der Waals surface area contributed by atoms with Crippen LogP contribution in [0.2, 0.25) is 0 Å². The van der Waals surface area contributed by atoms with Crippen LogP contribution in [0.3, 0.4) is 0 Å². The summed E-state index contributed by atoms with van der Waals surface area (Å²) in [6.45, 7) is 15.4. The number of carbonyl (C=O) groups is 1. The fourth-order valence-corrected chi connectivity index (χ4v) is 14.9. The van der Waals surface area contributed by atoms with Gasteiger partial charge in [-0.1, -0.05) is 84.6 Å². The lowest BCUT2D eigenvalue weighted by Gasteiger charge is -2.59. The number of benzene rings is 2. The van der Waals surface area contributed by atoms with Crippen molar-refractivity contribution in [1.29, 1.82) is 0 Å². The highest BCUT2D eigenvalue weighted by atomic mass is 32.2. The molecular formula is C49H72N6O9S. The molecule has 0 spiro atoms. The second-order valence-electron chi connectivity index (χ2n) is 21.1. The highest BCUT2D eigenvalue weighted by molar-refractivity contribution is 7.89. The van der Waals surface area contributed by atoms with Gasteiger partial charge in [-0.15, -0.1) is 0 Å². The summed E-state index contributed by atoms with van der Waals surface area (Å²) in [6.07, 6.45) is 16.8. The zero-order chi connectivity index (χ0) is 47.3. The van der Waals surface area contributed by atoms with Gasteiger partial charge in [0, 0.05) is 44.2 Å². The molecule has 0 bridgehead atoms. The second-order valence-corrected chi connectivity index (χ2v) is 23.0. The fourth-order valence-electron chi connectivity index (χ4n) is 13.1. The minimum Gasteiger partial charge on any atom is -0.379 e. The van der Waals surface area contributed by atoms with Crippen molar-refractivity contribution in [2.45, 2.75) is 155 Å². The number of nitrogens with zero attached hydrogens (tertiary/aromatic N) is 4. The normalized spacial score (nSPS) is 26.5. The number of carbonyl (C=O) groups excluding carboxylic acids is 1. The molecule has 65 heavy (non-hydrogen) atoms. The molecule has 0 radical (unpaired) electrons. The summed E-state index contributed by atoms with van der Waals surface area (Å²) in [5.74, 6) is 3.12. The van der Waals surface area contributed by atoms with Crippen molar-refractivity contribution in [1.82, 2.24) is 9.62 Å². The van der Waals surface area contributed by atoms with E-state index >= 15 is 0 Å². The minimum atomic E-state index is -4.29. The SMILES string of the molecule is CC(C)CCCC(C)(C)[C@H]1CCC2C3CC=C4C[C@@H](N(CCCNC(=O)CCCCCNc5ccc([N+](=O)[O-])cc5[N+](=O)[O-])S(=O)(=O)c5ccccc5[N+](=O)[O-])CC[C@]4(C)C3CC[C@@]21C. The van der Waals surface area contributed by atoms with E-state index in [0.717, 1.165) is 24.8 Å². The third-order valence-corrected chi connectivity index (χ3v) is 18.3. The maximum absolute atomic E-state index is 14.6. The van der Waals surface area contributed by atoms with Gasteiger partial charge in [-0.2, -0.15) is 4.31 Å². The Hall–Kier alpha value is -4.44. The monoisotopic (exact) mass is 921 g/mol. The first kappa shape index (κ1) is 50.0. The lowest BCUT2D eigenvalue weighted by molar-refractivity contribution is -0.393. The summed E-state index contributed by atoms with van der Waals surface area (Å²) in [5.41, 5.74) is 0.939. The smallest absolute Gasteiger partial charge is 0.299 e. The number of anilines is 1. The Morgan fingerprint density at radius 2 is 1.60 bits per heavy atom. The van der Waals surface area contributed by atoms with Crippen molar-refractivity contribution in [2.24, 2.45) is 45.8 Å². The Kier molecular flexibility index (Phi) is 15.8. The fraction of sp³-hybridized carbons (Fsp3) is 0.694. The summed E-state index contributed by atoms with van der Waals surface area (Å²) in [4.78, 5) is 45.1. The zero-order valence-electron chi connectivity index (χ0n) is 39.4. The van der Waals surface area contributed by atoms with Gasteiger partial charge >= 0.3 is 0 Å². The summed E-state index contributed by atoms with van der Waals surface area (Å²) in [6, 6.07) is 8.62. The molecule has 0 saturated heterocycles. The third kappa shape index (κ3) is 10.9. The molecule has 16 heteroatoms. The number of para-hydroxylation sites is 1. The number of nitrogens with one attached hydrogen (secondary N) is 2. The highest BCUT2D eigenvalue weighted by Gasteiger charge is 2.61. The van der Waals surface area contributed by atoms with Gasteiger partial charge in [0.25, 0.3) is 17.1 Å². The van der Waals surface area contributed by atoms with E-state index in [-0.39, 0.29) is 58.8 Å². The van der Waals surface area contributed by atoms with E-state index < -0.39 is 30.5 Å². The topological polar surface area (TPSA) is 208 Å². The van der Waals surface area contributed by atoms with Crippen LogP contribution in [0.5, 0.6) is 0 Å². The van der Waals surface area contributed by atoms with Gasteiger partial charge in [-0.05, 0) is 135 Å². The first-order valence-corrected chi connectivity index (χ1v) is 25.5. The summed E-state index contributed by atoms with van der Waals surface area (Å²) >= 11 is 0. The zero-order valence-corrected chi connectivity index (χ0v) is 40.2. The predicted octanol–water partition coefficient (Wildman–Crippen LogP) is 11.4. The number of hydrogen-bond acceptors (Lipinski definition) is 10. The van der Waals surface area contributed by atoms with E-state index in [4.69, 9.17) is 0 Å². The van der Waals surface area contributed by atoms with E-state index in [1.165, 1.54) is 91.2 Å². The van der Waals surface area contributed by atoms with Crippen LogP contribution in [0.1, 0.15) is 144 Å². The highest BCUT2D eigenvalue weighted by Crippen LogP contribution is 2.69. The van der Waals surface area contributed by atoms with Crippen LogP contribution in [0.4, 0.5) is 22.7 Å². The molecule has 3 saturated carbocycles. The molecule has 0 aromatic heterocycles. The number of nitro groups is 3. The van der Waals surface area contributed by atoms with Crippen molar-refractivity contribution < 1.29 is 28.0 Å². The first-order valence-electron chi connectivity index (χ1n) is 24.1. The largest absolute Gasteiger partial charge is 0.379 e. The van der Waals surface area contributed by atoms with Crippen molar-refractivity contribution in [2.75, 3.05) is 25.0 Å². The van der Waals surface area contributed by atoms with Gasteiger partial charge in [0.15, 0.2) is 4.90 Å². The summed E-state index contributed by atoms with van der Waals surface area (Å²) in [5, 5.41) is 40.4. The maximum atomic E-state index is 14.6. The van der Waals surface area contributed by atoms with Crippen molar-refractivity contribution in [3.63, 3.8) is 0 Å². The first-order chi connectivity index (χ1) is 30.7. The Morgan fingerprint density at radius 3 is 2.31 bits per heavy atom. The Balaban J connectivity index is 1.07. The van der Waals surface area contributed by atoms with Gasteiger partial charge < -0.3 is 10.6 Å². The number of allylic oxidation sites excluding steroid dienone is 1. The molecule has 15 nitrogen and oxygen atoms in total. The number of non-ortho nitro benzene ring substituents is 1. The molecule has 3 fully saturated rings. The molecule has 2 aromatic rings. The number of fused-ring (bicyclic) bond motifs is 5. The average molecular weight is 921 g/mol. The molecular weight excluding hydrogens is 849 g/mol. The van der Waals surface area contributed by atoms with Crippen molar-refractivity contribution in [3.8, 4) is 0 Å². The number of hydrogen-bond donors (Lipinski definition) is 2.